The van der Waals surface area contributed by atoms with E-state index >= 15 is 0 Å². The van der Waals surface area contributed by atoms with Gasteiger partial charge in [-0.05, 0) is 24.1 Å². The van der Waals surface area contributed by atoms with E-state index in [0.29, 0.717) is 32.7 Å². The molecule has 0 spiro atoms. The zero-order valence-corrected chi connectivity index (χ0v) is 15.8. The summed E-state index contributed by atoms with van der Waals surface area (Å²) in [7, 11) is -3.47. The highest BCUT2D eigenvalue weighted by Crippen LogP contribution is 2.04. The lowest BCUT2D eigenvalue weighted by Gasteiger charge is -2.29. The van der Waals surface area contributed by atoms with Gasteiger partial charge in [0.2, 0.25) is 15.9 Å². The minimum atomic E-state index is -3.47. The Kier molecular flexibility index (Phi) is 7.95. The molecule has 1 saturated heterocycles. The van der Waals surface area contributed by atoms with Crippen LogP contribution in [0, 0.1) is 5.82 Å². The van der Waals surface area contributed by atoms with Crippen LogP contribution in [0.4, 0.5) is 4.39 Å². The number of nitrogens with zero attached hydrogens (tertiary/aromatic N) is 2. The Morgan fingerprint density at radius 3 is 2.54 bits per heavy atom. The van der Waals surface area contributed by atoms with Crippen LogP contribution in [0.3, 0.4) is 0 Å². The molecule has 0 unspecified atom stereocenters. The van der Waals surface area contributed by atoms with Gasteiger partial charge < -0.3 is 10.1 Å². The first kappa shape index (κ1) is 20.8. The molecule has 0 bridgehead atoms. The molecule has 0 aromatic heterocycles. The highest BCUT2D eigenvalue weighted by atomic mass is 32.2. The SMILES string of the molecule is CS(=O)(=O)N(CCN1CCOCC1)CC(=O)NCCc1ccc(F)cc1. The van der Waals surface area contributed by atoms with E-state index in [1.54, 1.807) is 12.1 Å². The number of nitrogens with one attached hydrogen (secondary N) is 1. The van der Waals surface area contributed by atoms with Crippen LogP contribution >= 0.6 is 0 Å². The molecule has 1 aliphatic heterocycles. The summed E-state index contributed by atoms with van der Waals surface area (Å²) in [5, 5.41) is 2.71. The molecule has 26 heavy (non-hydrogen) atoms. The average Bonchev–Trinajstić information content (AvgIpc) is 2.60. The highest BCUT2D eigenvalue weighted by Gasteiger charge is 2.21. The van der Waals surface area contributed by atoms with Crippen LogP contribution in [0.2, 0.25) is 0 Å². The Labute approximate surface area is 154 Å². The van der Waals surface area contributed by atoms with Crippen molar-refractivity contribution < 1.29 is 22.3 Å². The summed E-state index contributed by atoms with van der Waals surface area (Å²) >= 11 is 0. The van der Waals surface area contributed by atoms with E-state index in [-0.39, 0.29) is 24.8 Å². The Hall–Kier alpha value is -1.55. The van der Waals surface area contributed by atoms with Gasteiger partial charge in [-0.25, -0.2) is 12.8 Å². The number of rotatable bonds is 9. The van der Waals surface area contributed by atoms with Crippen LogP contribution in [-0.4, -0.2) is 82.3 Å². The third-order valence-electron chi connectivity index (χ3n) is 4.21. The quantitative estimate of drug-likeness (QED) is 0.649. The second-order valence-corrected chi connectivity index (χ2v) is 8.26. The summed E-state index contributed by atoms with van der Waals surface area (Å²) in [5.74, 6) is -0.652. The van der Waals surface area contributed by atoms with Crippen molar-refractivity contribution in [1.29, 1.82) is 0 Å². The van der Waals surface area contributed by atoms with Crippen LogP contribution in [-0.2, 0) is 26.0 Å². The molecule has 1 fully saturated rings. The molecule has 2 rings (SSSR count). The molecule has 1 aromatic carbocycles. The molecule has 1 aromatic rings. The van der Waals surface area contributed by atoms with Gasteiger partial charge in [0.15, 0.2) is 0 Å². The minimum absolute atomic E-state index is 0.202. The third-order valence-corrected chi connectivity index (χ3v) is 5.46. The topological polar surface area (TPSA) is 79.0 Å². The van der Waals surface area contributed by atoms with Gasteiger partial charge in [-0.3, -0.25) is 9.69 Å². The first-order chi connectivity index (χ1) is 12.3. The van der Waals surface area contributed by atoms with Crippen LogP contribution in [0.15, 0.2) is 24.3 Å². The first-order valence-electron chi connectivity index (χ1n) is 8.61. The number of sulfonamides is 1. The van der Waals surface area contributed by atoms with Crippen molar-refractivity contribution in [2.45, 2.75) is 6.42 Å². The van der Waals surface area contributed by atoms with Gasteiger partial charge >= 0.3 is 0 Å². The number of amides is 1. The average molecular weight is 387 g/mol. The van der Waals surface area contributed by atoms with Crippen LogP contribution in [0.25, 0.3) is 0 Å². The maximum absolute atomic E-state index is 12.9. The van der Waals surface area contributed by atoms with Gasteiger partial charge in [-0.15, -0.1) is 0 Å². The minimum Gasteiger partial charge on any atom is -0.379 e. The Morgan fingerprint density at radius 2 is 1.92 bits per heavy atom. The van der Waals surface area contributed by atoms with Crippen LogP contribution < -0.4 is 5.32 Å². The lowest BCUT2D eigenvalue weighted by Crippen LogP contribution is -2.46. The number of carbonyl (C=O) groups excluding carboxylic acids is 1. The fraction of sp³-hybridized carbons (Fsp3) is 0.588. The molecule has 1 aliphatic rings. The van der Waals surface area contributed by atoms with E-state index in [0.717, 1.165) is 24.9 Å². The van der Waals surface area contributed by atoms with E-state index in [1.165, 1.54) is 16.4 Å². The maximum Gasteiger partial charge on any atom is 0.235 e. The van der Waals surface area contributed by atoms with E-state index in [4.69, 9.17) is 4.74 Å². The molecule has 0 aliphatic carbocycles. The van der Waals surface area contributed by atoms with Gasteiger partial charge in [-0.2, -0.15) is 4.31 Å². The second kappa shape index (κ2) is 9.96. The molecule has 0 atom stereocenters. The Balaban J connectivity index is 1.77. The number of carbonyl (C=O) groups is 1. The monoisotopic (exact) mass is 387 g/mol. The third kappa shape index (κ3) is 7.36. The number of benzene rings is 1. The molecule has 1 amide bonds. The van der Waals surface area contributed by atoms with Crippen LogP contribution in [0.1, 0.15) is 5.56 Å². The van der Waals surface area contributed by atoms with Crippen molar-refractivity contribution in [3.8, 4) is 0 Å². The predicted octanol–water partition coefficient (Wildman–Crippen LogP) is 0.0782. The fourth-order valence-corrected chi connectivity index (χ4v) is 3.42. The number of hydrogen-bond donors (Lipinski definition) is 1. The summed E-state index contributed by atoms with van der Waals surface area (Å²) < 4.78 is 43.2. The summed E-state index contributed by atoms with van der Waals surface area (Å²) in [4.78, 5) is 14.2. The molecule has 1 N–H and O–H groups in total. The summed E-state index contributed by atoms with van der Waals surface area (Å²) in [6.45, 7) is 3.82. The lowest BCUT2D eigenvalue weighted by molar-refractivity contribution is -0.121. The first-order valence-corrected chi connectivity index (χ1v) is 10.5. The van der Waals surface area contributed by atoms with Crippen LogP contribution in [0.5, 0.6) is 0 Å². The molecule has 0 saturated carbocycles. The number of hydrogen-bond acceptors (Lipinski definition) is 5. The summed E-state index contributed by atoms with van der Waals surface area (Å²) in [6.07, 6.45) is 1.66. The van der Waals surface area contributed by atoms with Crippen molar-refractivity contribution in [2.24, 2.45) is 0 Å². The zero-order valence-electron chi connectivity index (χ0n) is 15.0. The molecule has 1 heterocycles. The highest BCUT2D eigenvalue weighted by molar-refractivity contribution is 7.88. The smallest absolute Gasteiger partial charge is 0.235 e. The standard InChI is InChI=1S/C17H26FN3O4S/c1-26(23,24)21(9-8-20-10-12-25-13-11-20)14-17(22)19-7-6-15-2-4-16(18)5-3-15/h2-5H,6-14H2,1H3,(H,19,22). The van der Waals surface area contributed by atoms with Crippen molar-refractivity contribution >= 4 is 15.9 Å². The van der Waals surface area contributed by atoms with E-state index in [1.807, 2.05) is 0 Å². The van der Waals surface area contributed by atoms with Gasteiger partial charge in [0, 0.05) is 32.7 Å². The molecule has 7 nitrogen and oxygen atoms in total. The van der Waals surface area contributed by atoms with Gasteiger partial charge in [-0.1, -0.05) is 12.1 Å². The van der Waals surface area contributed by atoms with Crippen molar-refractivity contribution in [2.75, 3.05) is 58.7 Å². The van der Waals surface area contributed by atoms with Gasteiger partial charge in [0.25, 0.3) is 0 Å². The summed E-state index contributed by atoms with van der Waals surface area (Å²) in [5.41, 5.74) is 0.902. The van der Waals surface area contributed by atoms with Crippen molar-refractivity contribution in [3.63, 3.8) is 0 Å². The molecule has 9 heteroatoms. The zero-order chi connectivity index (χ0) is 19.0. The summed E-state index contributed by atoms with van der Waals surface area (Å²) in [6, 6.07) is 6.06. The number of ether oxygens (including phenoxy) is 1. The fourth-order valence-electron chi connectivity index (χ4n) is 2.65. The maximum atomic E-state index is 12.9. The normalized spacial score (nSPS) is 16.0. The molecule has 0 radical (unpaired) electrons. The van der Waals surface area contributed by atoms with Crippen molar-refractivity contribution in [1.82, 2.24) is 14.5 Å². The predicted molar refractivity (Wildman–Crippen MR) is 96.8 cm³/mol. The van der Waals surface area contributed by atoms with E-state index in [9.17, 15) is 17.6 Å². The lowest BCUT2D eigenvalue weighted by atomic mass is 10.1. The van der Waals surface area contributed by atoms with Gasteiger partial charge in [0.1, 0.15) is 5.82 Å². The molecular weight excluding hydrogens is 361 g/mol. The van der Waals surface area contributed by atoms with Gasteiger partial charge in [0.05, 0.1) is 26.0 Å². The molecule has 146 valence electrons. The largest absolute Gasteiger partial charge is 0.379 e. The second-order valence-electron chi connectivity index (χ2n) is 6.28. The number of morpholine rings is 1. The van der Waals surface area contributed by atoms with Crippen molar-refractivity contribution in [3.05, 3.63) is 35.6 Å². The number of halogens is 1. The molecular formula is C17H26FN3O4S. The Morgan fingerprint density at radius 1 is 1.27 bits per heavy atom. The van der Waals surface area contributed by atoms with E-state index in [2.05, 4.69) is 10.2 Å². The van der Waals surface area contributed by atoms with E-state index < -0.39 is 10.0 Å². The Bertz CT molecular complexity index is 676.